The van der Waals surface area contributed by atoms with E-state index in [1.807, 2.05) is 6.07 Å². The van der Waals surface area contributed by atoms with Gasteiger partial charge in [-0.1, -0.05) is 6.92 Å². The van der Waals surface area contributed by atoms with Crippen LogP contribution in [-0.4, -0.2) is 49.3 Å². The minimum atomic E-state index is 0.216. The van der Waals surface area contributed by atoms with Gasteiger partial charge in [0.1, 0.15) is 6.07 Å². The molecule has 1 aromatic carbocycles. The molecule has 1 aromatic rings. The molecule has 2 rings (SSSR count). The highest BCUT2D eigenvalue weighted by molar-refractivity contribution is 5.62. The fourth-order valence-corrected chi connectivity index (χ4v) is 2.82. The molecule has 0 bridgehead atoms. The summed E-state index contributed by atoms with van der Waals surface area (Å²) in [6, 6.07) is 6.52. The molecule has 1 fully saturated rings. The van der Waals surface area contributed by atoms with Crippen molar-refractivity contribution in [3.8, 4) is 6.07 Å². The van der Waals surface area contributed by atoms with Crippen LogP contribution in [-0.2, 0) is 6.42 Å². The molecule has 1 heterocycles. The Kier molecular flexibility index (Phi) is 4.99. The second-order valence-electron chi connectivity index (χ2n) is 5.31. The van der Waals surface area contributed by atoms with Crippen molar-refractivity contribution < 1.29 is 5.11 Å². The minimum absolute atomic E-state index is 0.216. The zero-order valence-electron chi connectivity index (χ0n) is 12.4. The maximum Gasteiger partial charge on any atom is 0.101 e. The standard InChI is InChI=1S/C16H23N3O/c1-3-14-11-15(12-17)16(10-13(14)2)19-6-4-18(5-7-19)8-9-20/h10-11,20H,3-9H2,1-2H3. The highest BCUT2D eigenvalue weighted by atomic mass is 16.3. The van der Waals surface area contributed by atoms with Crippen LogP contribution >= 0.6 is 0 Å². The summed E-state index contributed by atoms with van der Waals surface area (Å²) in [5.41, 5.74) is 4.36. The van der Waals surface area contributed by atoms with Crippen LogP contribution in [0.25, 0.3) is 0 Å². The van der Waals surface area contributed by atoms with Crippen molar-refractivity contribution in [3.05, 3.63) is 28.8 Å². The van der Waals surface area contributed by atoms with Crippen LogP contribution in [0.4, 0.5) is 5.69 Å². The van der Waals surface area contributed by atoms with Gasteiger partial charge in [0, 0.05) is 32.7 Å². The van der Waals surface area contributed by atoms with Crippen molar-refractivity contribution in [1.29, 1.82) is 5.26 Å². The summed E-state index contributed by atoms with van der Waals surface area (Å²) in [4.78, 5) is 4.55. The van der Waals surface area contributed by atoms with E-state index in [1.54, 1.807) is 0 Å². The third-order valence-corrected chi connectivity index (χ3v) is 4.08. The molecule has 1 aliphatic heterocycles. The smallest absolute Gasteiger partial charge is 0.101 e. The Labute approximate surface area is 121 Å². The van der Waals surface area contributed by atoms with E-state index < -0.39 is 0 Å². The molecule has 0 atom stereocenters. The first-order chi connectivity index (χ1) is 9.69. The number of hydrogen-bond acceptors (Lipinski definition) is 4. The van der Waals surface area contributed by atoms with E-state index in [4.69, 9.17) is 5.11 Å². The summed E-state index contributed by atoms with van der Waals surface area (Å²) in [6.45, 7) is 8.92. The molecule has 0 radical (unpaired) electrons. The number of piperazine rings is 1. The zero-order chi connectivity index (χ0) is 14.5. The summed E-state index contributed by atoms with van der Waals surface area (Å²) in [7, 11) is 0. The predicted molar refractivity (Wildman–Crippen MR) is 81.0 cm³/mol. The Hall–Kier alpha value is -1.57. The van der Waals surface area contributed by atoms with Gasteiger partial charge in [-0.3, -0.25) is 4.90 Å². The average Bonchev–Trinajstić information content (AvgIpc) is 2.48. The van der Waals surface area contributed by atoms with E-state index in [-0.39, 0.29) is 6.61 Å². The van der Waals surface area contributed by atoms with Crippen molar-refractivity contribution >= 4 is 5.69 Å². The Morgan fingerprint density at radius 1 is 1.25 bits per heavy atom. The van der Waals surface area contributed by atoms with Crippen LogP contribution < -0.4 is 4.90 Å². The molecular formula is C16H23N3O. The second-order valence-corrected chi connectivity index (χ2v) is 5.31. The molecule has 20 heavy (non-hydrogen) atoms. The lowest BCUT2D eigenvalue weighted by molar-refractivity contribution is 0.189. The van der Waals surface area contributed by atoms with Crippen LogP contribution in [0, 0.1) is 18.3 Å². The van der Waals surface area contributed by atoms with Gasteiger partial charge in [-0.25, -0.2) is 0 Å². The fraction of sp³-hybridized carbons (Fsp3) is 0.562. The van der Waals surface area contributed by atoms with Crippen LogP contribution in [0.1, 0.15) is 23.6 Å². The van der Waals surface area contributed by atoms with Gasteiger partial charge in [0.25, 0.3) is 0 Å². The van der Waals surface area contributed by atoms with E-state index in [9.17, 15) is 5.26 Å². The monoisotopic (exact) mass is 273 g/mol. The van der Waals surface area contributed by atoms with Crippen molar-refractivity contribution in [2.75, 3.05) is 44.2 Å². The third kappa shape index (κ3) is 3.12. The normalized spacial score (nSPS) is 16.2. The van der Waals surface area contributed by atoms with E-state index in [0.29, 0.717) is 0 Å². The lowest BCUT2D eigenvalue weighted by Gasteiger charge is -2.36. The van der Waals surface area contributed by atoms with Gasteiger partial charge in [0.15, 0.2) is 0 Å². The maximum absolute atomic E-state index is 9.38. The summed E-state index contributed by atoms with van der Waals surface area (Å²) in [5.74, 6) is 0. The molecule has 0 spiro atoms. The first-order valence-corrected chi connectivity index (χ1v) is 7.31. The van der Waals surface area contributed by atoms with E-state index in [2.05, 4.69) is 35.8 Å². The molecule has 0 aromatic heterocycles. The van der Waals surface area contributed by atoms with Gasteiger partial charge in [-0.15, -0.1) is 0 Å². The highest BCUT2D eigenvalue weighted by Gasteiger charge is 2.19. The molecule has 0 aliphatic carbocycles. The Bertz CT molecular complexity index is 499. The molecule has 4 heteroatoms. The highest BCUT2D eigenvalue weighted by Crippen LogP contribution is 2.26. The average molecular weight is 273 g/mol. The molecule has 1 aliphatic rings. The largest absolute Gasteiger partial charge is 0.395 e. The number of anilines is 1. The van der Waals surface area contributed by atoms with Crippen molar-refractivity contribution in [2.24, 2.45) is 0 Å². The number of aryl methyl sites for hydroxylation is 2. The fourth-order valence-electron chi connectivity index (χ4n) is 2.82. The van der Waals surface area contributed by atoms with Gasteiger partial charge in [-0.2, -0.15) is 5.26 Å². The molecule has 1 saturated heterocycles. The SMILES string of the molecule is CCc1cc(C#N)c(N2CCN(CCO)CC2)cc1C. The minimum Gasteiger partial charge on any atom is -0.395 e. The van der Waals surface area contributed by atoms with Gasteiger partial charge in [0.2, 0.25) is 0 Å². The summed E-state index contributed by atoms with van der Waals surface area (Å²) in [6.07, 6.45) is 0.963. The van der Waals surface area contributed by atoms with Gasteiger partial charge in [0.05, 0.1) is 17.9 Å². The van der Waals surface area contributed by atoms with E-state index in [0.717, 1.165) is 50.4 Å². The van der Waals surface area contributed by atoms with Crippen molar-refractivity contribution in [2.45, 2.75) is 20.3 Å². The molecule has 108 valence electrons. The van der Waals surface area contributed by atoms with E-state index in [1.165, 1.54) is 11.1 Å². The van der Waals surface area contributed by atoms with Crippen LogP contribution in [0.5, 0.6) is 0 Å². The number of β-amino-alcohol motifs (C(OH)–C–C–N with tert-alkyl or cyclic N) is 1. The first-order valence-electron chi connectivity index (χ1n) is 7.31. The van der Waals surface area contributed by atoms with Crippen LogP contribution in [0.3, 0.4) is 0 Å². The third-order valence-electron chi connectivity index (χ3n) is 4.08. The van der Waals surface area contributed by atoms with Crippen molar-refractivity contribution in [3.63, 3.8) is 0 Å². The second kappa shape index (κ2) is 6.74. The topological polar surface area (TPSA) is 50.5 Å². The number of aliphatic hydroxyl groups excluding tert-OH is 1. The molecule has 0 amide bonds. The lowest BCUT2D eigenvalue weighted by atomic mass is 10.0. The number of hydrogen-bond donors (Lipinski definition) is 1. The predicted octanol–water partition coefficient (Wildman–Crippen LogP) is 1.54. The summed E-state index contributed by atoms with van der Waals surface area (Å²) in [5, 5.41) is 18.4. The van der Waals surface area contributed by atoms with Crippen LogP contribution in [0.15, 0.2) is 12.1 Å². The number of nitriles is 1. The zero-order valence-corrected chi connectivity index (χ0v) is 12.4. The maximum atomic E-state index is 9.38. The lowest BCUT2D eigenvalue weighted by Crippen LogP contribution is -2.47. The number of nitrogens with zero attached hydrogens (tertiary/aromatic N) is 3. The molecular weight excluding hydrogens is 250 g/mol. The number of aliphatic hydroxyl groups is 1. The number of rotatable bonds is 4. The molecule has 1 N–H and O–H groups in total. The molecule has 4 nitrogen and oxygen atoms in total. The van der Waals surface area contributed by atoms with Gasteiger partial charge in [-0.05, 0) is 36.6 Å². The first kappa shape index (κ1) is 14.8. The summed E-state index contributed by atoms with van der Waals surface area (Å²) < 4.78 is 0. The Morgan fingerprint density at radius 3 is 2.50 bits per heavy atom. The molecule has 0 saturated carbocycles. The Balaban J connectivity index is 2.17. The van der Waals surface area contributed by atoms with Gasteiger partial charge < -0.3 is 10.0 Å². The number of benzene rings is 1. The summed E-state index contributed by atoms with van der Waals surface area (Å²) >= 11 is 0. The molecule has 0 unspecified atom stereocenters. The quantitative estimate of drug-likeness (QED) is 0.904. The van der Waals surface area contributed by atoms with Crippen LogP contribution in [0.2, 0.25) is 0 Å². The Morgan fingerprint density at radius 2 is 1.95 bits per heavy atom. The van der Waals surface area contributed by atoms with Gasteiger partial charge >= 0.3 is 0 Å². The van der Waals surface area contributed by atoms with Crippen molar-refractivity contribution in [1.82, 2.24) is 4.90 Å². The van der Waals surface area contributed by atoms with E-state index >= 15 is 0 Å².